The van der Waals surface area contributed by atoms with Gasteiger partial charge in [-0.1, -0.05) is 6.42 Å². The lowest BCUT2D eigenvalue weighted by Gasteiger charge is -2.24. The Morgan fingerprint density at radius 2 is 2.05 bits per heavy atom. The highest BCUT2D eigenvalue weighted by Gasteiger charge is 2.29. The average molecular weight is 311 g/mol. The lowest BCUT2D eigenvalue weighted by Crippen LogP contribution is -2.45. The molecule has 0 aromatic carbocycles. The van der Waals surface area contributed by atoms with Gasteiger partial charge in [-0.25, -0.2) is 4.79 Å². The number of ether oxygens (including phenoxy) is 1. The van der Waals surface area contributed by atoms with Crippen molar-refractivity contribution in [2.24, 2.45) is 5.92 Å². The second-order valence-electron chi connectivity index (χ2n) is 7.39. The number of alkyl carbamates (subject to hydrolysis) is 1. The van der Waals surface area contributed by atoms with E-state index in [2.05, 4.69) is 16.0 Å². The number of hydrogen-bond donors (Lipinski definition) is 3. The number of carbonyl (C=O) groups excluding carboxylic acids is 2. The van der Waals surface area contributed by atoms with Gasteiger partial charge in [-0.3, -0.25) is 4.79 Å². The first-order valence-electron chi connectivity index (χ1n) is 8.33. The van der Waals surface area contributed by atoms with E-state index in [9.17, 15) is 9.59 Å². The summed E-state index contributed by atoms with van der Waals surface area (Å²) in [7, 11) is 0. The minimum atomic E-state index is -0.460. The van der Waals surface area contributed by atoms with E-state index in [0.29, 0.717) is 24.9 Å². The van der Waals surface area contributed by atoms with E-state index in [0.717, 1.165) is 25.8 Å². The van der Waals surface area contributed by atoms with Gasteiger partial charge in [-0.15, -0.1) is 0 Å². The number of nitrogens with one attached hydrogen (secondary N) is 3. The van der Waals surface area contributed by atoms with Gasteiger partial charge in [0.2, 0.25) is 5.91 Å². The first kappa shape index (κ1) is 17.1. The van der Waals surface area contributed by atoms with Crippen LogP contribution in [0.15, 0.2) is 0 Å². The molecule has 1 aliphatic carbocycles. The summed E-state index contributed by atoms with van der Waals surface area (Å²) in [5.74, 6) is 0.589. The Morgan fingerprint density at radius 1 is 1.27 bits per heavy atom. The summed E-state index contributed by atoms with van der Waals surface area (Å²) in [6, 6.07) is 0.667. The quantitative estimate of drug-likeness (QED) is 0.720. The van der Waals surface area contributed by atoms with Crippen LogP contribution in [0.3, 0.4) is 0 Å². The van der Waals surface area contributed by atoms with Crippen molar-refractivity contribution in [2.45, 2.75) is 70.6 Å². The minimum absolute atomic E-state index is 0.154. The van der Waals surface area contributed by atoms with Gasteiger partial charge in [-0.2, -0.15) is 0 Å². The Hall–Kier alpha value is -1.30. The maximum atomic E-state index is 11.7. The molecule has 126 valence electrons. The van der Waals surface area contributed by atoms with E-state index < -0.39 is 5.60 Å². The van der Waals surface area contributed by atoms with Crippen LogP contribution in [0.4, 0.5) is 4.79 Å². The zero-order valence-corrected chi connectivity index (χ0v) is 13.9. The van der Waals surface area contributed by atoms with Gasteiger partial charge in [-0.05, 0) is 46.0 Å². The zero-order valence-electron chi connectivity index (χ0n) is 13.9. The molecule has 0 aromatic heterocycles. The molecule has 6 heteroatoms. The summed E-state index contributed by atoms with van der Waals surface area (Å²) in [6.45, 7) is 7.05. The van der Waals surface area contributed by atoms with Gasteiger partial charge in [0, 0.05) is 31.6 Å². The third-order valence-corrected chi connectivity index (χ3v) is 4.28. The number of hydrogen-bond acceptors (Lipinski definition) is 4. The lowest BCUT2D eigenvalue weighted by molar-refractivity contribution is -0.119. The van der Waals surface area contributed by atoms with E-state index in [-0.39, 0.29) is 18.0 Å². The van der Waals surface area contributed by atoms with Crippen molar-refractivity contribution in [2.75, 3.05) is 13.1 Å². The van der Waals surface area contributed by atoms with Gasteiger partial charge < -0.3 is 20.7 Å². The Kier molecular flexibility index (Phi) is 5.67. The molecule has 2 fully saturated rings. The maximum Gasteiger partial charge on any atom is 0.407 e. The average Bonchev–Trinajstić information content (AvgIpc) is 3.00. The second kappa shape index (κ2) is 7.31. The minimum Gasteiger partial charge on any atom is -0.444 e. The van der Waals surface area contributed by atoms with Gasteiger partial charge >= 0.3 is 6.09 Å². The molecular weight excluding hydrogens is 282 g/mol. The third kappa shape index (κ3) is 5.48. The predicted octanol–water partition coefficient (Wildman–Crippen LogP) is 1.55. The van der Waals surface area contributed by atoms with E-state index in [1.165, 1.54) is 6.42 Å². The van der Waals surface area contributed by atoms with Crippen molar-refractivity contribution in [3.8, 4) is 0 Å². The molecule has 6 nitrogen and oxygen atoms in total. The highest BCUT2D eigenvalue weighted by atomic mass is 16.6. The molecule has 3 N–H and O–H groups in total. The lowest BCUT2D eigenvalue weighted by atomic mass is 10.0. The van der Waals surface area contributed by atoms with Crippen LogP contribution in [0.25, 0.3) is 0 Å². The van der Waals surface area contributed by atoms with E-state index in [1.807, 2.05) is 20.8 Å². The number of amides is 2. The van der Waals surface area contributed by atoms with E-state index >= 15 is 0 Å². The van der Waals surface area contributed by atoms with Gasteiger partial charge in [0.1, 0.15) is 5.60 Å². The van der Waals surface area contributed by atoms with Gasteiger partial charge in [0.05, 0.1) is 0 Å². The van der Waals surface area contributed by atoms with Crippen LogP contribution in [-0.2, 0) is 9.53 Å². The smallest absolute Gasteiger partial charge is 0.407 e. The monoisotopic (exact) mass is 311 g/mol. The Balaban J connectivity index is 1.69. The molecule has 1 saturated carbocycles. The first-order chi connectivity index (χ1) is 10.3. The number of carbonyl (C=O) groups is 2. The molecule has 1 aliphatic heterocycles. The summed E-state index contributed by atoms with van der Waals surface area (Å²) >= 11 is 0. The Morgan fingerprint density at radius 3 is 2.68 bits per heavy atom. The molecule has 2 rings (SSSR count). The van der Waals surface area contributed by atoms with Crippen molar-refractivity contribution in [3.63, 3.8) is 0 Å². The van der Waals surface area contributed by atoms with Gasteiger partial charge in [0.25, 0.3) is 0 Å². The van der Waals surface area contributed by atoms with E-state index in [1.54, 1.807) is 0 Å². The summed E-state index contributed by atoms with van der Waals surface area (Å²) in [4.78, 5) is 22.9. The second-order valence-corrected chi connectivity index (χ2v) is 7.39. The molecule has 22 heavy (non-hydrogen) atoms. The summed E-state index contributed by atoms with van der Waals surface area (Å²) < 4.78 is 5.27. The third-order valence-electron chi connectivity index (χ3n) is 4.28. The van der Waals surface area contributed by atoms with Crippen LogP contribution in [-0.4, -0.2) is 42.8 Å². The largest absolute Gasteiger partial charge is 0.444 e. The predicted molar refractivity (Wildman–Crippen MR) is 84.5 cm³/mol. The van der Waals surface area contributed by atoms with Crippen LogP contribution in [0.2, 0.25) is 0 Å². The SMILES string of the molecule is CC(C)(C)OC(=O)NCC1CCCC1NCC1CCC(=O)N1. The summed E-state index contributed by atoms with van der Waals surface area (Å²) in [5.41, 5.74) is -0.460. The van der Waals surface area contributed by atoms with Crippen molar-refractivity contribution in [1.82, 2.24) is 16.0 Å². The molecule has 3 unspecified atom stereocenters. The molecular formula is C16H29N3O3. The van der Waals surface area contributed by atoms with Crippen LogP contribution < -0.4 is 16.0 Å². The molecule has 0 radical (unpaired) electrons. The highest BCUT2D eigenvalue weighted by Crippen LogP contribution is 2.25. The molecule has 3 atom stereocenters. The van der Waals surface area contributed by atoms with Crippen molar-refractivity contribution >= 4 is 12.0 Å². The topological polar surface area (TPSA) is 79.5 Å². The van der Waals surface area contributed by atoms with Crippen molar-refractivity contribution in [1.29, 1.82) is 0 Å². The fourth-order valence-corrected chi connectivity index (χ4v) is 3.20. The molecule has 1 heterocycles. The van der Waals surface area contributed by atoms with Gasteiger partial charge in [0.15, 0.2) is 0 Å². The molecule has 0 spiro atoms. The molecule has 2 aliphatic rings. The molecule has 1 saturated heterocycles. The molecule has 0 bridgehead atoms. The first-order valence-corrected chi connectivity index (χ1v) is 8.33. The van der Waals surface area contributed by atoms with Crippen molar-refractivity contribution in [3.05, 3.63) is 0 Å². The highest BCUT2D eigenvalue weighted by molar-refractivity contribution is 5.78. The molecule has 0 aromatic rings. The standard InChI is InChI=1S/C16H29N3O3/c1-16(2,3)22-15(21)18-9-11-5-4-6-13(11)17-10-12-7-8-14(20)19-12/h11-13,17H,4-10H2,1-3H3,(H,18,21)(H,19,20). The van der Waals surface area contributed by atoms with E-state index in [4.69, 9.17) is 4.74 Å². The van der Waals surface area contributed by atoms with Crippen LogP contribution in [0.5, 0.6) is 0 Å². The summed E-state index contributed by atoms with van der Waals surface area (Å²) in [5, 5.41) is 9.41. The normalized spacial score (nSPS) is 28.5. The van der Waals surface area contributed by atoms with Crippen LogP contribution in [0.1, 0.15) is 52.9 Å². The summed E-state index contributed by atoms with van der Waals surface area (Å²) in [6.07, 6.45) is 4.63. The number of rotatable bonds is 5. The maximum absolute atomic E-state index is 11.7. The fourth-order valence-electron chi connectivity index (χ4n) is 3.20. The Labute approximate surface area is 132 Å². The Bertz CT molecular complexity index is 406. The molecule has 2 amide bonds. The van der Waals surface area contributed by atoms with Crippen molar-refractivity contribution < 1.29 is 14.3 Å². The zero-order chi connectivity index (χ0) is 16.2. The fraction of sp³-hybridized carbons (Fsp3) is 0.875. The van der Waals surface area contributed by atoms with Crippen LogP contribution >= 0.6 is 0 Å². The van der Waals surface area contributed by atoms with Crippen LogP contribution in [0, 0.1) is 5.92 Å².